The van der Waals surface area contributed by atoms with Crippen LogP contribution in [-0.2, 0) is 20.6 Å². The number of anilines is 1. The summed E-state index contributed by atoms with van der Waals surface area (Å²) < 4.78 is 19.7. The highest BCUT2D eigenvalue weighted by atomic mass is 16.5. The number of hydrazone groups is 1. The van der Waals surface area contributed by atoms with E-state index in [9.17, 15) is 14.7 Å². The van der Waals surface area contributed by atoms with Crippen molar-refractivity contribution in [2.45, 2.75) is 12.6 Å². The molecule has 4 rings (SSSR count). The van der Waals surface area contributed by atoms with Gasteiger partial charge in [0.15, 0.2) is 11.2 Å². The van der Waals surface area contributed by atoms with Gasteiger partial charge in [-0.1, -0.05) is 0 Å². The number of ether oxygens (including phenoxy) is 3. The van der Waals surface area contributed by atoms with Gasteiger partial charge in [-0.25, -0.2) is 10.2 Å². The fourth-order valence-corrected chi connectivity index (χ4v) is 3.69. The normalized spacial score (nSPS) is 12.1. The Labute approximate surface area is 212 Å². The van der Waals surface area contributed by atoms with E-state index in [1.54, 1.807) is 56.8 Å². The van der Waals surface area contributed by atoms with Crippen molar-refractivity contribution in [1.82, 2.24) is 18.7 Å². The molecule has 0 aliphatic heterocycles. The lowest BCUT2D eigenvalue weighted by atomic mass is 10.2. The minimum Gasteiger partial charge on any atom is -0.497 e. The van der Waals surface area contributed by atoms with Gasteiger partial charge in [0.1, 0.15) is 30.0 Å². The molecule has 0 saturated heterocycles. The van der Waals surface area contributed by atoms with Crippen molar-refractivity contribution in [3.8, 4) is 17.2 Å². The van der Waals surface area contributed by atoms with Crippen LogP contribution in [0.1, 0.15) is 5.56 Å². The van der Waals surface area contributed by atoms with E-state index < -0.39 is 17.4 Å². The van der Waals surface area contributed by atoms with Crippen LogP contribution in [0.3, 0.4) is 0 Å². The average molecular weight is 509 g/mol. The molecule has 0 aliphatic carbocycles. The maximum absolute atomic E-state index is 13.0. The molecule has 2 heterocycles. The van der Waals surface area contributed by atoms with Gasteiger partial charge in [-0.2, -0.15) is 10.1 Å². The molecule has 0 spiro atoms. The van der Waals surface area contributed by atoms with Crippen LogP contribution in [0.5, 0.6) is 17.2 Å². The monoisotopic (exact) mass is 508 g/mol. The lowest BCUT2D eigenvalue weighted by molar-refractivity contribution is 0.0938. The van der Waals surface area contributed by atoms with Gasteiger partial charge in [-0.05, 0) is 54.1 Å². The van der Waals surface area contributed by atoms with Crippen LogP contribution in [0.2, 0.25) is 0 Å². The summed E-state index contributed by atoms with van der Waals surface area (Å²) in [6, 6.07) is 14.2. The predicted molar refractivity (Wildman–Crippen MR) is 139 cm³/mol. The molecule has 0 amide bonds. The van der Waals surface area contributed by atoms with Gasteiger partial charge < -0.3 is 23.9 Å². The Kier molecular flexibility index (Phi) is 7.58. The van der Waals surface area contributed by atoms with E-state index >= 15 is 0 Å². The Hall–Kier alpha value is -4.58. The molecule has 0 aliphatic rings. The Bertz CT molecular complexity index is 1520. The highest BCUT2D eigenvalue weighted by molar-refractivity contribution is 5.80. The molecule has 12 nitrogen and oxygen atoms in total. The van der Waals surface area contributed by atoms with Gasteiger partial charge in [0.05, 0.1) is 27.0 Å². The molecule has 37 heavy (non-hydrogen) atoms. The van der Waals surface area contributed by atoms with E-state index in [1.807, 2.05) is 12.1 Å². The number of benzene rings is 2. The largest absolute Gasteiger partial charge is 0.497 e. The number of hydrogen-bond donors (Lipinski definition) is 2. The zero-order valence-electron chi connectivity index (χ0n) is 20.9. The minimum atomic E-state index is -1.01. The van der Waals surface area contributed by atoms with Gasteiger partial charge >= 0.3 is 5.69 Å². The second-order valence-corrected chi connectivity index (χ2v) is 8.21. The van der Waals surface area contributed by atoms with Crippen LogP contribution in [-0.4, -0.2) is 56.9 Å². The van der Waals surface area contributed by atoms with E-state index in [1.165, 1.54) is 23.2 Å². The summed E-state index contributed by atoms with van der Waals surface area (Å²) in [6.07, 6.45) is 0.566. The second kappa shape index (κ2) is 11.0. The number of aryl methyl sites for hydroxylation is 1. The van der Waals surface area contributed by atoms with Crippen molar-refractivity contribution < 1.29 is 19.3 Å². The molecule has 4 aromatic rings. The lowest BCUT2D eigenvalue weighted by Crippen LogP contribution is -2.38. The van der Waals surface area contributed by atoms with E-state index in [4.69, 9.17) is 14.2 Å². The van der Waals surface area contributed by atoms with Crippen LogP contribution >= 0.6 is 0 Å². The van der Waals surface area contributed by atoms with Crippen molar-refractivity contribution >= 4 is 23.3 Å². The third-order valence-electron chi connectivity index (χ3n) is 5.74. The van der Waals surface area contributed by atoms with Crippen molar-refractivity contribution in [1.29, 1.82) is 0 Å². The number of hydrogen-bond acceptors (Lipinski definition) is 9. The topological polar surface area (TPSA) is 134 Å². The number of aliphatic hydroxyl groups excluding tert-OH is 1. The number of imidazole rings is 1. The highest BCUT2D eigenvalue weighted by Gasteiger charge is 2.21. The molecule has 194 valence electrons. The Morgan fingerprint density at radius 2 is 1.57 bits per heavy atom. The number of fused-ring (bicyclic) bond motifs is 1. The average Bonchev–Trinajstić information content (AvgIpc) is 3.28. The summed E-state index contributed by atoms with van der Waals surface area (Å²) in [5, 5.41) is 15.0. The molecule has 2 aromatic heterocycles. The van der Waals surface area contributed by atoms with Gasteiger partial charge in [-0.15, -0.1) is 0 Å². The molecule has 2 aromatic carbocycles. The van der Waals surface area contributed by atoms with Crippen LogP contribution in [0.25, 0.3) is 11.2 Å². The van der Waals surface area contributed by atoms with Crippen LogP contribution in [0.15, 0.2) is 63.2 Å². The van der Waals surface area contributed by atoms with E-state index in [2.05, 4.69) is 15.5 Å². The predicted octanol–water partition coefficient (Wildman–Crippen LogP) is 1.34. The molecular weight excluding hydrogens is 480 g/mol. The zero-order valence-corrected chi connectivity index (χ0v) is 20.9. The molecule has 1 atom stereocenters. The molecule has 0 radical (unpaired) electrons. The fourth-order valence-electron chi connectivity index (χ4n) is 3.69. The summed E-state index contributed by atoms with van der Waals surface area (Å²) in [5.74, 6) is 2.14. The SMILES string of the molecule is COc1ccc(/C=N/Nc2nc3c(c(=O)n(C)c(=O)n3C)n2CC(O)COc2ccc(OC)cc2)cc1. The third kappa shape index (κ3) is 5.48. The zero-order chi connectivity index (χ0) is 26.5. The molecule has 12 heteroatoms. The van der Waals surface area contributed by atoms with Gasteiger partial charge in [-0.3, -0.25) is 13.9 Å². The van der Waals surface area contributed by atoms with E-state index in [-0.39, 0.29) is 30.3 Å². The maximum Gasteiger partial charge on any atom is 0.332 e. The van der Waals surface area contributed by atoms with Gasteiger partial charge in [0.2, 0.25) is 5.95 Å². The molecule has 2 N–H and O–H groups in total. The maximum atomic E-state index is 13.0. The summed E-state index contributed by atoms with van der Waals surface area (Å²) in [7, 11) is 6.07. The Morgan fingerprint density at radius 3 is 2.19 bits per heavy atom. The van der Waals surface area contributed by atoms with Crippen LogP contribution in [0.4, 0.5) is 5.95 Å². The van der Waals surface area contributed by atoms with Crippen molar-refractivity contribution in [3.05, 3.63) is 74.9 Å². The smallest absolute Gasteiger partial charge is 0.332 e. The molecule has 0 bridgehead atoms. The van der Waals surface area contributed by atoms with Crippen molar-refractivity contribution in [3.63, 3.8) is 0 Å². The second-order valence-electron chi connectivity index (χ2n) is 8.21. The number of nitrogens with zero attached hydrogens (tertiary/aromatic N) is 5. The molecule has 0 saturated carbocycles. The highest BCUT2D eigenvalue weighted by Crippen LogP contribution is 2.19. The number of nitrogens with one attached hydrogen (secondary N) is 1. The Morgan fingerprint density at radius 1 is 0.973 bits per heavy atom. The van der Waals surface area contributed by atoms with Crippen molar-refractivity contribution in [2.75, 3.05) is 26.3 Å². The number of methoxy groups -OCH3 is 2. The first-order chi connectivity index (χ1) is 17.8. The molecule has 0 fully saturated rings. The standard InChI is InChI=1S/C25H28N6O6/c1-29-22-21(23(33)30(2)25(29)34)31(14-17(32)15-37-20-11-9-19(36-4)10-12-20)24(27-22)28-26-13-16-5-7-18(35-3)8-6-16/h5-13,17,32H,14-15H2,1-4H3,(H,27,28)/b26-13+. The molecular formula is C25H28N6O6. The van der Waals surface area contributed by atoms with E-state index in [0.717, 1.165) is 15.9 Å². The molecule has 1 unspecified atom stereocenters. The first kappa shape index (κ1) is 25.5. The first-order valence-electron chi connectivity index (χ1n) is 11.4. The summed E-state index contributed by atoms with van der Waals surface area (Å²) in [4.78, 5) is 29.9. The lowest BCUT2D eigenvalue weighted by Gasteiger charge is -2.15. The summed E-state index contributed by atoms with van der Waals surface area (Å²) in [6.45, 7) is -0.0902. The fraction of sp³-hybridized carbons (Fsp3) is 0.280. The first-order valence-corrected chi connectivity index (χ1v) is 11.4. The van der Waals surface area contributed by atoms with E-state index in [0.29, 0.717) is 11.5 Å². The Balaban J connectivity index is 1.61. The van der Waals surface area contributed by atoms with Crippen LogP contribution in [0, 0.1) is 0 Å². The summed E-state index contributed by atoms with van der Waals surface area (Å²) >= 11 is 0. The van der Waals surface area contributed by atoms with Gasteiger partial charge in [0, 0.05) is 14.1 Å². The third-order valence-corrected chi connectivity index (χ3v) is 5.74. The number of aromatic nitrogens is 4. The summed E-state index contributed by atoms with van der Waals surface area (Å²) in [5.41, 5.74) is 2.88. The quantitative estimate of drug-likeness (QED) is 0.242. The van der Waals surface area contributed by atoms with Crippen molar-refractivity contribution in [2.24, 2.45) is 19.2 Å². The minimum absolute atomic E-state index is 0.0412. The van der Waals surface area contributed by atoms with Gasteiger partial charge in [0.25, 0.3) is 5.56 Å². The van der Waals surface area contributed by atoms with Crippen LogP contribution < -0.4 is 30.9 Å². The number of rotatable bonds is 10. The number of aliphatic hydroxyl groups is 1.